The Bertz CT molecular complexity index is 397. The molecule has 0 aromatic heterocycles. The van der Waals surface area contributed by atoms with Crippen molar-refractivity contribution in [2.45, 2.75) is 219 Å². The normalized spacial score (nSPS) is 12.4. The van der Waals surface area contributed by atoms with Crippen LogP contribution in [0.1, 0.15) is 213 Å². The average Bonchev–Trinajstić information content (AvgIpc) is 2.93. The second kappa shape index (κ2) is 34.9. The number of rotatable bonds is 34. The van der Waals surface area contributed by atoms with Crippen LogP contribution in [0.25, 0.3) is 0 Å². The van der Waals surface area contributed by atoms with Gasteiger partial charge in [-0.15, -0.1) is 0 Å². The first-order valence-electron chi connectivity index (χ1n) is 18.0. The molecule has 0 fully saturated rings. The summed E-state index contributed by atoms with van der Waals surface area (Å²) in [6.45, 7) is 4.91. The Morgan fingerprint density at radius 1 is 0.368 bits per heavy atom. The number of unbranched alkanes of at least 4 members (excludes halogenated alkanes) is 27. The lowest BCUT2D eigenvalue weighted by Gasteiger charge is -2.17. The maximum atomic E-state index is 10.9. The summed E-state index contributed by atoms with van der Waals surface area (Å²) in [7, 11) is 0. The van der Waals surface area contributed by atoms with Gasteiger partial charge in [0, 0.05) is 0 Å². The lowest BCUT2D eigenvalue weighted by molar-refractivity contribution is 0.00216. The average molecular weight is 538 g/mol. The third-order valence-electron chi connectivity index (χ3n) is 8.45. The van der Waals surface area contributed by atoms with Crippen LogP contribution in [0.3, 0.4) is 0 Å². The summed E-state index contributed by atoms with van der Waals surface area (Å²) in [6, 6.07) is 0. The fourth-order valence-corrected chi connectivity index (χ4v) is 5.84. The maximum absolute atomic E-state index is 10.9. The molecule has 1 unspecified atom stereocenters. The molecule has 0 amide bonds. The van der Waals surface area contributed by atoms with Gasteiger partial charge in [0.2, 0.25) is 0 Å². The minimum absolute atomic E-state index is 0.0892. The van der Waals surface area contributed by atoms with Crippen LogP contribution in [0.5, 0.6) is 0 Å². The van der Waals surface area contributed by atoms with Gasteiger partial charge in [0.1, 0.15) is 6.61 Å². The van der Waals surface area contributed by atoms with E-state index in [2.05, 4.69) is 13.8 Å². The van der Waals surface area contributed by atoms with Crippen molar-refractivity contribution in [2.24, 2.45) is 0 Å². The second-order valence-electron chi connectivity index (χ2n) is 12.3. The molecule has 0 saturated carbocycles. The molecule has 0 saturated heterocycles. The second-order valence-corrected chi connectivity index (χ2v) is 12.3. The highest BCUT2D eigenvalue weighted by Crippen LogP contribution is 2.18. The highest BCUT2D eigenvalue weighted by molar-refractivity contribution is 4.61. The van der Waals surface area contributed by atoms with E-state index in [-0.39, 0.29) is 6.61 Å². The molecule has 1 radical (unpaired) electrons. The van der Waals surface area contributed by atoms with Crippen LogP contribution in [-0.2, 0) is 9.84 Å². The molecule has 0 N–H and O–H groups in total. The molecule has 0 spiro atoms. The van der Waals surface area contributed by atoms with Gasteiger partial charge in [-0.25, -0.2) is 5.11 Å². The molecule has 1 atom stereocenters. The first-order valence-corrected chi connectivity index (χ1v) is 18.0. The molecule has 0 aromatic rings. The Morgan fingerprint density at radius 2 is 0.605 bits per heavy atom. The molecule has 38 heavy (non-hydrogen) atoms. The molecular formula is C36H73O2. The van der Waals surface area contributed by atoms with Crippen LogP contribution in [0.2, 0.25) is 0 Å². The van der Waals surface area contributed by atoms with Crippen molar-refractivity contribution in [1.29, 1.82) is 0 Å². The Balaban J connectivity index is 3.46. The van der Waals surface area contributed by atoms with Crippen LogP contribution in [0, 0.1) is 0 Å². The van der Waals surface area contributed by atoms with E-state index >= 15 is 0 Å². The fourth-order valence-electron chi connectivity index (χ4n) is 5.84. The van der Waals surface area contributed by atoms with E-state index in [1.165, 1.54) is 186 Å². The standard InChI is InChI=1S/C36H73O2/c1-3-5-7-9-11-13-15-17-19-21-23-25-27-29-31-33-36(38-35-34-37)32-30-28-26-24-22-20-18-16-14-12-10-8-6-4-2/h36H,3-35H2,1-2H3. The molecule has 0 bridgehead atoms. The number of hydrogen-bond acceptors (Lipinski definition) is 1. The zero-order valence-electron chi connectivity index (χ0n) is 26.7. The third-order valence-corrected chi connectivity index (χ3v) is 8.45. The summed E-state index contributed by atoms with van der Waals surface area (Å²) in [6.07, 6.45) is 43.6. The Kier molecular flexibility index (Phi) is 34.9. The Morgan fingerprint density at radius 3 is 0.842 bits per heavy atom. The molecule has 0 heterocycles. The molecule has 2 nitrogen and oxygen atoms in total. The molecule has 0 rings (SSSR count). The predicted octanol–water partition coefficient (Wildman–Crippen LogP) is 12.9. The van der Waals surface area contributed by atoms with E-state index in [0.717, 1.165) is 12.8 Å². The lowest BCUT2D eigenvalue weighted by Crippen LogP contribution is -2.15. The van der Waals surface area contributed by atoms with Gasteiger partial charge in [0.25, 0.3) is 0 Å². The fraction of sp³-hybridized carbons (Fsp3) is 1.00. The van der Waals surface area contributed by atoms with E-state index in [1.54, 1.807) is 0 Å². The highest BCUT2D eigenvalue weighted by Gasteiger charge is 2.09. The Labute approximate surface area is 241 Å². The molecule has 0 aromatic carbocycles. The van der Waals surface area contributed by atoms with Gasteiger partial charge < -0.3 is 4.74 Å². The number of hydrogen-bond donors (Lipinski definition) is 0. The van der Waals surface area contributed by atoms with Gasteiger partial charge in [-0.1, -0.05) is 200 Å². The van der Waals surface area contributed by atoms with Gasteiger partial charge in [0.15, 0.2) is 0 Å². The minimum Gasteiger partial charge on any atom is -0.376 e. The Hall–Kier alpha value is -0.0800. The number of ether oxygens (including phenoxy) is 1. The monoisotopic (exact) mass is 538 g/mol. The first kappa shape index (κ1) is 37.9. The molecule has 0 aliphatic heterocycles. The van der Waals surface area contributed by atoms with Gasteiger partial charge in [-0.05, 0) is 12.8 Å². The van der Waals surface area contributed by atoms with Gasteiger partial charge >= 0.3 is 0 Å². The largest absolute Gasteiger partial charge is 0.376 e. The van der Waals surface area contributed by atoms with E-state index < -0.39 is 0 Å². The molecule has 0 aliphatic carbocycles. The van der Waals surface area contributed by atoms with Crippen LogP contribution in [-0.4, -0.2) is 19.3 Å². The SMILES string of the molecule is CCCCCCCCCCCCCCCCCC(CCCCCCCCCCCCCCCC)OCC[O]. The summed E-state index contributed by atoms with van der Waals surface area (Å²) in [4.78, 5) is 0. The van der Waals surface area contributed by atoms with Crippen molar-refractivity contribution in [3.05, 3.63) is 0 Å². The van der Waals surface area contributed by atoms with Crippen LogP contribution >= 0.6 is 0 Å². The quantitative estimate of drug-likeness (QED) is 0.0750. The topological polar surface area (TPSA) is 29.1 Å². The van der Waals surface area contributed by atoms with E-state index in [9.17, 15) is 5.11 Å². The highest BCUT2D eigenvalue weighted by atomic mass is 16.5. The summed E-state index contributed by atoms with van der Waals surface area (Å²) in [5.74, 6) is 0. The van der Waals surface area contributed by atoms with Crippen molar-refractivity contribution in [1.82, 2.24) is 0 Å². The van der Waals surface area contributed by atoms with Gasteiger partial charge in [-0.3, -0.25) is 0 Å². The predicted molar refractivity (Wildman–Crippen MR) is 170 cm³/mol. The van der Waals surface area contributed by atoms with Crippen LogP contribution < -0.4 is 0 Å². The van der Waals surface area contributed by atoms with Crippen molar-refractivity contribution < 1.29 is 9.84 Å². The molecule has 229 valence electrons. The molecule has 2 heteroatoms. The van der Waals surface area contributed by atoms with Crippen LogP contribution in [0.15, 0.2) is 0 Å². The van der Waals surface area contributed by atoms with Crippen LogP contribution in [0.4, 0.5) is 0 Å². The van der Waals surface area contributed by atoms with Gasteiger partial charge in [0.05, 0.1) is 12.7 Å². The van der Waals surface area contributed by atoms with E-state index in [4.69, 9.17) is 4.74 Å². The smallest absolute Gasteiger partial charge is 0.106 e. The summed E-state index contributed by atoms with van der Waals surface area (Å²) >= 11 is 0. The van der Waals surface area contributed by atoms with Crippen molar-refractivity contribution >= 4 is 0 Å². The zero-order chi connectivity index (χ0) is 27.6. The zero-order valence-corrected chi connectivity index (χ0v) is 26.7. The lowest BCUT2D eigenvalue weighted by atomic mass is 10.0. The third kappa shape index (κ3) is 32.1. The summed E-state index contributed by atoms with van der Waals surface area (Å²) in [5.41, 5.74) is 0. The molecule has 0 aliphatic rings. The van der Waals surface area contributed by atoms with Crippen molar-refractivity contribution in [3.8, 4) is 0 Å². The van der Waals surface area contributed by atoms with E-state index in [1.807, 2.05) is 0 Å². The molecular weight excluding hydrogens is 464 g/mol. The van der Waals surface area contributed by atoms with Crippen molar-refractivity contribution in [3.63, 3.8) is 0 Å². The summed E-state index contributed by atoms with van der Waals surface area (Å²) < 4.78 is 5.91. The minimum atomic E-state index is -0.0892. The van der Waals surface area contributed by atoms with Crippen molar-refractivity contribution in [2.75, 3.05) is 13.2 Å². The maximum Gasteiger partial charge on any atom is 0.106 e. The summed E-state index contributed by atoms with van der Waals surface area (Å²) in [5, 5.41) is 10.9. The van der Waals surface area contributed by atoms with Gasteiger partial charge in [-0.2, -0.15) is 0 Å². The first-order chi connectivity index (χ1) is 18.8. The van der Waals surface area contributed by atoms with E-state index in [0.29, 0.717) is 12.7 Å².